The van der Waals surface area contributed by atoms with Crippen molar-refractivity contribution in [1.82, 2.24) is 0 Å². The summed E-state index contributed by atoms with van der Waals surface area (Å²) in [6.07, 6.45) is 0.823. The number of methoxy groups -OCH3 is 2. The quantitative estimate of drug-likeness (QED) is 0.652. The van der Waals surface area contributed by atoms with Crippen LogP contribution in [0.5, 0.6) is 11.5 Å². The fourth-order valence-corrected chi connectivity index (χ4v) is 2.99. The van der Waals surface area contributed by atoms with Crippen molar-refractivity contribution in [2.75, 3.05) is 19.5 Å². The molecule has 2 aromatic carbocycles. The van der Waals surface area contributed by atoms with E-state index in [0.29, 0.717) is 41.2 Å². The Labute approximate surface area is 148 Å². The number of Topliss-reactive ketones (excluding diaryl/α,β-unsaturated/α-hetero) is 1. The molecule has 8 heteroatoms. The van der Waals surface area contributed by atoms with E-state index < -0.39 is 10.8 Å². The highest BCUT2D eigenvalue weighted by Crippen LogP contribution is 2.42. The van der Waals surface area contributed by atoms with Crippen LogP contribution in [0.3, 0.4) is 0 Å². The third-order valence-electron chi connectivity index (χ3n) is 4.25. The lowest BCUT2D eigenvalue weighted by Crippen LogP contribution is -2.14. The second-order valence-corrected chi connectivity index (χ2v) is 5.69. The Hall–Kier alpha value is -3.42. The molecular formula is C18H16N2O6. The van der Waals surface area contributed by atoms with Crippen molar-refractivity contribution in [1.29, 1.82) is 0 Å². The molecule has 1 aliphatic rings. The molecule has 3 rings (SSSR count). The lowest BCUT2D eigenvalue weighted by atomic mass is 10.0. The number of ether oxygens (including phenoxy) is 2. The predicted octanol–water partition coefficient (Wildman–Crippen LogP) is 2.99. The number of hydrogen-bond acceptors (Lipinski definition) is 6. The maximum Gasteiger partial charge on any atom is 0.269 e. The van der Waals surface area contributed by atoms with Gasteiger partial charge in [-0.15, -0.1) is 0 Å². The van der Waals surface area contributed by atoms with Crippen molar-refractivity contribution in [2.45, 2.75) is 12.8 Å². The monoisotopic (exact) mass is 356 g/mol. The average Bonchev–Trinajstić information content (AvgIpc) is 3.03. The molecule has 0 atom stereocenters. The van der Waals surface area contributed by atoms with Crippen LogP contribution in [0, 0.1) is 10.1 Å². The minimum absolute atomic E-state index is 0.0680. The number of fused-ring (bicyclic) bond motifs is 1. The van der Waals surface area contributed by atoms with Gasteiger partial charge < -0.3 is 14.8 Å². The molecule has 0 aliphatic heterocycles. The van der Waals surface area contributed by atoms with Gasteiger partial charge in [-0.2, -0.15) is 0 Å². The van der Waals surface area contributed by atoms with Gasteiger partial charge in [0.25, 0.3) is 11.6 Å². The Morgan fingerprint density at radius 3 is 2.42 bits per heavy atom. The molecule has 2 aromatic rings. The summed E-state index contributed by atoms with van der Waals surface area (Å²) >= 11 is 0. The Morgan fingerprint density at radius 1 is 1.15 bits per heavy atom. The van der Waals surface area contributed by atoms with E-state index in [1.54, 1.807) is 6.07 Å². The van der Waals surface area contributed by atoms with Gasteiger partial charge in [-0.1, -0.05) is 0 Å². The second-order valence-electron chi connectivity index (χ2n) is 5.69. The van der Waals surface area contributed by atoms with Gasteiger partial charge in [0, 0.05) is 35.9 Å². The number of nitro benzene ring substituents is 1. The molecular weight excluding hydrogens is 340 g/mol. The summed E-state index contributed by atoms with van der Waals surface area (Å²) in [5, 5.41) is 13.5. The number of carbonyl (C=O) groups is 2. The number of nitrogens with one attached hydrogen (secondary N) is 1. The molecule has 0 unspecified atom stereocenters. The van der Waals surface area contributed by atoms with Gasteiger partial charge in [0.2, 0.25) is 0 Å². The number of amides is 1. The first kappa shape index (κ1) is 17.4. The van der Waals surface area contributed by atoms with Gasteiger partial charge in [0.05, 0.1) is 24.7 Å². The zero-order chi connectivity index (χ0) is 18.8. The van der Waals surface area contributed by atoms with E-state index in [0.717, 1.165) is 0 Å². The van der Waals surface area contributed by atoms with Crippen LogP contribution in [0.25, 0.3) is 0 Å². The number of benzene rings is 2. The third-order valence-corrected chi connectivity index (χ3v) is 4.25. The number of anilines is 1. The molecule has 0 radical (unpaired) electrons. The van der Waals surface area contributed by atoms with Crippen LogP contribution in [0.15, 0.2) is 30.3 Å². The normalized spacial score (nSPS) is 12.5. The van der Waals surface area contributed by atoms with E-state index in [1.807, 2.05) is 0 Å². The molecule has 1 aliphatic carbocycles. The number of non-ortho nitro benzene ring substituents is 1. The molecule has 0 spiro atoms. The van der Waals surface area contributed by atoms with Gasteiger partial charge in [-0.25, -0.2) is 0 Å². The van der Waals surface area contributed by atoms with Crippen LogP contribution in [0.2, 0.25) is 0 Å². The molecule has 0 saturated heterocycles. The zero-order valence-corrected chi connectivity index (χ0v) is 14.2. The van der Waals surface area contributed by atoms with Crippen LogP contribution in [-0.4, -0.2) is 30.8 Å². The van der Waals surface area contributed by atoms with E-state index >= 15 is 0 Å². The smallest absolute Gasteiger partial charge is 0.269 e. The van der Waals surface area contributed by atoms with E-state index in [2.05, 4.69) is 5.32 Å². The second kappa shape index (κ2) is 6.83. The first-order chi connectivity index (χ1) is 12.5. The summed E-state index contributed by atoms with van der Waals surface area (Å²) in [4.78, 5) is 34.9. The summed E-state index contributed by atoms with van der Waals surface area (Å²) < 4.78 is 10.6. The lowest BCUT2D eigenvalue weighted by Gasteiger charge is -2.16. The average molecular weight is 356 g/mol. The highest BCUT2D eigenvalue weighted by molar-refractivity contribution is 6.09. The molecule has 0 saturated carbocycles. The minimum Gasteiger partial charge on any atom is -0.493 e. The van der Waals surface area contributed by atoms with Crippen molar-refractivity contribution >= 4 is 23.1 Å². The van der Waals surface area contributed by atoms with Crippen LogP contribution in [-0.2, 0) is 6.42 Å². The van der Waals surface area contributed by atoms with E-state index in [9.17, 15) is 19.7 Å². The predicted molar refractivity (Wildman–Crippen MR) is 93.2 cm³/mol. The molecule has 0 fully saturated rings. The first-order valence-corrected chi connectivity index (χ1v) is 7.83. The molecule has 8 nitrogen and oxygen atoms in total. The molecule has 1 amide bonds. The molecule has 1 N–H and O–H groups in total. The Kier molecular flexibility index (Phi) is 4.57. The van der Waals surface area contributed by atoms with E-state index in [1.165, 1.54) is 38.5 Å². The number of nitrogens with zero attached hydrogens (tertiary/aromatic N) is 1. The maximum absolute atomic E-state index is 12.5. The van der Waals surface area contributed by atoms with Gasteiger partial charge in [-0.3, -0.25) is 19.7 Å². The number of carbonyl (C=O) groups excluding carboxylic acids is 2. The van der Waals surface area contributed by atoms with Crippen LogP contribution < -0.4 is 14.8 Å². The van der Waals surface area contributed by atoms with Crippen molar-refractivity contribution < 1.29 is 24.0 Å². The van der Waals surface area contributed by atoms with Crippen molar-refractivity contribution in [3.05, 3.63) is 57.1 Å². The van der Waals surface area contributed by atoms with Crippen molar-refractivity contribution in [3.8, 4) is 11.5 Å². The third kappa shape index (κ3) is 2.97. The summed E-state index contributed by atoms with van der Waals surface area (Å²) in [7, 11) is 2.91. The molecule has 26 heavy (non-hydrogen) atoms. The number of nitro groups is 1. The van der Waals surface area contributed by atoms with Gasteiger partial charge in [-0.05, 0) is 24.1 Å². The molecule has 0 aromatic heterocycles. The summed E-state index contributed by atoms with van der Waals surface area (Å²) in [5.74, 6) is 0.203. The summed E-state index contributed by atoms with van der Waals surface area (Å²) in [6, 6.07) is 6.88. The molecule has 0 heterocycles. The van der Waals surface area contributed by atoms with E-state index in [-0.39, 0.29) is 17.0 Å². The van der Waals surface area contributed by atoms with Crippen molar-refractivity contribution in [3.63, 3.8) is 0 Å². The zero-order valence-electron chi connectivity index (χ0n) is 14.2. The standard InChI is InChI=1S/C18H16N2O6/c1-25-15-9-13(12-7-8-14(21)16(12)17(15)26-2)19-18(22)10-3-5-11(6-4-10)20(23)24/h3-6,9H,7-8H2,1-2H3,(H,19,22). The fraction of sp³-hybridized carbons (Fsp3) is 0.222. The molecule has 134 valence electrons. The van der Waals surface area contributed by atoms with Gasteiger partial charge in [0.1, 0.15) is 0 Å². The SMILES string of the molecule is COc1cc(NC(=O)c2ccc([N+](=O)[O-])cc2)c2c(c1OC)C(=O)CC2. The topological polar surface area (TPSA) is 108 Å². The van der Waals surface area contributed by atoms with Gasteiger partial charge >= 0.3 is 0 Å². The maximum atomic E-state index is 12.5. The summed E-state index contributed by atoms with van der Waals surface area (Å²) in [5.41, 5.74) is 1.75. The Balaban J connectivity index is 1.96. The van der Waals surface area contributed by atoms with Gasteiger partial charge in [0.15, 0.2) is 17.3 Å². The number of rotatable bonds is 5. The Morgan fingerprint density at radius 2 is 1.85 bits per heavy atom. The fourth-order valence-electron chi connectivity index (χ4n) is 2.99. The van der Waals surface area contributed by atoms with Crippen LogP contribution >= 0.6 is 0 Å². The summed E-state index contributed by atoms with van der Waals surface area (Å²) in [6.45, 7) is 0. The number of ketones is 1. The van der Waals surface area contributed by atoms with Crippen LogP contribution in [0.4, 0.5) is 11.4 Å². The highest BCUT2D eigenvalue weighted by atomic mass is 16.6. The van der Waals surface area contributed by atoms with Crippen LogP contribution in [0.1, 0.15) is 32.7 Å². The minimum atomic E-state index is -0.533. The highest BCUT2D eigenvalue weighted by Gasteiger charge is 2.30. The number of hydrogen-bond donors (Lipinski definition) is 1. The lowest BCUT2D eigenvalue weighted by molar-refractivity contribution is -0.384. The molecule has 0 bridgehead atoms. The van der Waals surface area contributed by atoms with E-state index in [4.69, 9.17) is 9.47 Å². The van der Waals surface area contributed by atoms with Crippen molar-refractivity contribution in [2.24, 2.45) is 0 Å². The largest absolute Gasteiger partial charge is 0.493 e. The first-order valence-electron chi connectivity index (χ1n) is 7.83. The Bertz CT molecular complexity index is 905.